The molecule has 0 bridgehead atoms. The number of phosphoric acid groups is 1. The van der Waals surface area contributed by atoms with E-state index in [-0.39, 0.29) is 18.1 Å². The van der Waals surface area contributed by atoms with E-state index in [1.165, 1.54) is 0 Å². The molecule has 12 nitrogen and oxygen atoms in total. The smallest absolute Gasteiger partial charge is 0.458 e. The van der Waals surface area contributed by atoms with Crippen LogP contribution >= 0.6 is 19.4 Å². The van der Waals surface area contributed by atoms with E-state index in [0.29, 0.717) is 5.56 Å². The fraction of sp³-hybridized carbons (Fsp3) is 0.296. The minimum absolute atomic E-state index is 0.0224. The summed E-state index contributed by atoms with van der Waals surface area (Å²) in [4.78, 5) is 15.3. The highest BCUT2D eigenvalue weighted by Crippen LogP contribution is 2.52. The number of fused-ring (bicyclic) bond motifs is 1. The highest BCUT2D eigenvalue weighted by Gasteiger charge is 2.54. The van der Waals surface area contributed by atoms with Crippen LogP contribution in [0, 0.1) is 0 Å². The van der Waals surface area contributed by atoms with Gasteiger partial charge in [-0.1, -0.05) is 71.8 Å². The van der Waals surface area contributed by atoms with Crippen LogP contribution in [0.4, 0.5) is 0 Å². The van der Waals surface area contributed by atoms with Crippen molar-refractivity contribution in [2.45, 2.75) is 36.9 Å². The molecule has 2 fully saturated rings. The van der Waals surface area contributed by atoms with Crippen molar-refractivity contribution in [3.05, 3.63) is 107 Å². The summed E-state index contributed by atoms with van der Waals surface area (Å²) in [5.74, 6) is -0.916. The first-order valence-electron chi connectivity index (χ1n) is 12.5. The van der Waals surface area contributed by atoms with Crippen LogP contribution in [0.1, 0.15) is 11.9 Å². The van der Waals surface area contributed by atoms with Crippen LogP contribution in [0.25, 0.3) is 10.4 Å². The molecule has 0 aromatic heterocycles. The first kappa shape index (κ1) is 28.9. The lowest BCUT2D eigenvalue weighted by Gasteiger charge is -2.47. The summed E-state index contributed by atoms with van der Waals surface area (Å²) in [6, 6.07) is 24.2. The lowest BCUT2D eigenvalue weighted by atomic mass is 9.96. The summed E-state index contributed by atoms with van der Waals surface area (Å²) in [6.45, 7) is -0.0224. The molecule has 0 amide bonds. The lowest BCUT2D eigenvalue weighted by Crippen LogP contribution is -2.62. The second kappa shape index (κ2) is 13.4. The van der Waals surface area contributed by atoms with Gasteiger partial charge in [0.1, 0.15) is 41.7 Å². The molecule has 2 aliphatic heterocycles. The van der Waals surface area contributed by atoms with E-state index in [2.05, 4.69) is 10.0 Å². The molecule has 5 rings (SSSR count). The van der Waals surface area contributed by atoms with Gasteiger partial charge in [0.15, 0.2) is 12.6 Å². The number of benzene rings is 3. The number of hydrogen-bond acceptors (Lipinski definition) is 10. The van der Waals surface area contributed by atoms with Crippen LogP contribution < -0.4 is 9.05 Å². The predicted molar refractivity (Wildman–Crippen MR) is 145 cm³/mol. The predicted octanol–water partition coefficient (Wildman–Crippen LogP) is 5.94. The Morgan fingerprint density at radius 3 is 2.10 bits per heavy atom. The average Bonchev–Trinajstić information content (AvgIpc) is 2.99. The van der Waals surface area contributed by atoms with Gasteiger partial charge in [-0.05, 0) is 29.8 Å². The molecule has 3 aromatic carbocycles. The van der Waals surface area contributed by atoms with E-state index in [0.717, 1.165) is 0 Å². The summed E-state index contributed by atoms with van der Waals surface area (Å²) in [7, 11) is -4.52. The Labute approximate surface area is 240 Å². The van der Waals surface area contributed by atoms with Crippen LogP contribution in [0.2, 0.25) is 0 Å². The molecule has 0 radical (unpaired) electrons. The van der Waals surface area contributed by atoms with Gasteiger partial charge in [-0.2, -0.15) is 0 Å². The van der Waals surface area contributed by atoms with E-state index in [1.807, 2.05) is 30.3 Å². The second-order valence-corrected chi connectivity index (χ2v) is 10.6. The molecular weight excluding hydrogens is 577 g/mol. The number of carbonyl (C=O) groups excluding carboxylic acids is 1. The number of hydrogen-bond donors (Lipinski definition) is 0. The van der Waals surface area contributed by atoms with Gasteiger partial charge in [0.05, 0.1) is 6.61 Å². The molecule has 2 aliphatic rings. The van der Waals surface area contributed by atoms with Crippen LogP contribution in [0.15, 0.2) is 96.1 Å². The Hall–Kier alpha value is -3.60. The molecule has 41 heavy (non-hydrogen) atoms. The summed E-state index contributed by atoms with van der Waals surface area (Å²) in [5.41, 5.74) is 10.1. The number of azide groups is 1. The summed E-state index contributed by atoms with van der Waals surface area (Å²) in [6.07, 6.45) is -5.49. The Kier molecular flexibility index (Phi) is 9.43. The van der Waals surface area contributed by atoms with E-state index in [4.69, 9.17) is 44.1 Å². The highest BCUT2D eigenvalue weighted by molar-refractivity contribution is 7.49. The third kappa shape index (κ3) is 7.19. The van der Waals surface area contributed by atoms with E-state index in [1.54, 1.807) is 60.7 Å². The average molecular weight is 602 g/mol. The maximum atomic E-state index is 14.1. The number of phosphoric ester groups is 1. The number of alkyl halides is 1. The van der Waals surface area contributed by atoms with Gasteiger partial charge in [0.2, 0.25) is 0 Å². The summed E-state index contributed by atoms with van der Waals surface area (Å²) in [5, 5.41) is 3.78. The van der Waals surface area contributed by atoms with Crippen LogP contribution in [-0.4, -0.2) is 49.1 Å². The Morgan fingerprint density at radius 1 is 0.951 bits per heavy atom. The summed E-state index contributed by atoms with van der Waals surface area (Å²) < 4.78 is 55.0. The molecule has 1 unspecified atom stereocenters. The standard InChI is InChI=1S/C27H25ClN3O9P/c28-16-22(32)36-25-23(30-31-29)27(35-21-17-34-26(37-24(21)25)18-10-4-1-5-11-18)40-41(33,38-19-12-6-2-7-13-19)39-20-14-8-3-9-15-20/h1-15,21,23-27H,16-17H2/t21-,23-,24+,25-,26?,27-/m1/s1. The molecule has 2 heterocycles. The molecule has 0 N–H and O–H groups in total. The SMILES string of the molecule is [N-]=[N+]=N[C@H]1[C@@H](OP(=O)(Oc2ccccc2)Oc2ccccc2)O[C@@H]2COC(c3ccccc3)O[C@@H]2[C@@H]1OC(=O)CCl. The van der Waals surface area contributed by atoms with Crippen molar-refractivity contribution < 1.29 is 41.9 Å². The molecule has 0 aliphatic carbocycles. The van der Waals surface area contributed by atoms with Crippen molar-refractivity contribution in [3.63, 3.8) is 0 Å². The number of esters is 1. The summed E-state index contributed by atoms with van der Waals surface area (Å²) >= 11 is 5.73. The van der Waals surface area contributed by atoms with Gasteiger partial charge in [0, 0.05) is 10.5 Å². The quantitative estimate of drug-likeness (QED) is 0.0687. The number of para-hydroxylation sites is 2. The lowest BCUT2D eigenvalue weighted by molar-refractivity contribution is -0.333. The third-order valence-corrected chi connectivity index (χ3v) is 7.65. The van der Waals surface area contributed by atoms with Gasteiger partial charge in [-0.3, -0.25) is 4.79 Å². The zero-order chi connectivity index (χ0) is 28.7. The first-order chi connectivity index (χ1) is 20.0. The van der Waals surface area contributed by atoms with Gasteiger partial charge >= 0.3 is 13.8 Å². The topological polar surface area (TPSA) is 148 Å². The third-order valence-electron chi connectivity index (χ3n) is 6.09. The second-order valence-electron chi connectivity index (χ2n) is 8.86. The highest BCUT2D eigenvalue weighted by atomic mass is 35.5. The molecule has 0 spiro atoms. The molecule has 14 heteroatoms. The zero-order valence-electron chi connectivity index (χ0n) is 21.4. The zero-order valence-corrected chi connectivity index (χ0v) is 23.0. The number of rotatable bonds is 10. The van der Waals surface area contributed by atoms with Gasteiger partial charge < -0.3 is 28.0 Å². The van der Waals surface area contributed by atoms with Crippen LogP contribution in [-0.2, 0) is 32.8 Å². The maximum Gasteiger partial charge on any atom is 0.589 e. The fourth-order valence-electron chi connectivity index (χ4n) is 4.34. The Bertz CT molecular complexity index is 1350. The van der Waals surface area contributed by atoms with E-state index in [9.17, 15) is 14.9 Å². The molecule has 2 saturated heterocycles. The molecule has 3 aromatic rings. The number of halogens is 1. The number of carbonyl (C=O) groups is 1. The van der Waals surface area contributed by atoms with Crippen molar-refractivity contribution in [1.29, 1.82) is 0 Å². The Balaban J connectivity index is 1.46. The van der Waals surface area contributed by atoms with Gasteiger partial charge in [-0.15, -0.1) is 11.6 Å². The Morgan fingerprint density at radius 2 is 1.54 bits per heavy atom. The molecular formula is C27H25ClN3O9P. The minimum Gasteiger partial charge on any atom is -0.458 e. The fourth-order valence-corrected chi connectivity index (χ4v) is 5.71. The molecule has 6 atom stereocenters. The van der Waals surface area contributed by atoms with Crippen molar-refractivity contribution >= 4 is 25.4 Å². The van der Waals surface area contributed by atoms with E-state index >= 15 is 0 Å². The normalized spacial score (nSPS) is 25.7. The van der Waals surface area contributed by atoms with Crippen molar-refractivity contribution in [2.75, 3.05) is 12.5 Å². The number of ether oxygens (including phenoxy) is 4. The van der Waals surface area contributed by atoms with Crippen molar-refractivity contribution in [3.8, 4) is 11.5 Å². The van der Waals surface area contributed by atoms with E-state index < -0.39 is 56.6 Å². The number of nitrogens with zero attached hydrogens (tertiary/aromatic N) is 3. The van der Waals surface area contributed by atoms with Crippen molar-refractivity contribution in [2.24, 2.45) is 5.11 Å². The minimum atomic E-state index is -4.52. The first-order valence-corrected chi connectivity index (χ1v) is 14.5. The molecule has 214 valence electrons. The largest absolute Gasteiger partial charge is 0.589 e. The van der Waals surface area contributed by atoms with Crippen LogP contribution in [0.3, 0.4) is 0 Å². The van der Waals surface area contributed by atoms with Crippen LogP contribution in [0.5, 0.6) is 11.5 Å². The monoisotopic (exact) mass is 601 g/mol. The van der Waals surface area contributed by atoms with Gasteiger partial charge in [-0.25, -0.2) is 9.09 Å². The maximum absolute atomic E-state index is 14.1. The molecule has 0 saturated carbocycles. The van der Waals surface area contributed by atoms with Crippen molar-refractivity contribution in [1.82, 2.24) is 0 Å². The van der Waals surface area contributed by atoms with Gasteiger partial charge in [0.25, 0.3) is 0 Å².